The monoisotopic (exact) mass is 224 g/mol. The molecule has 0 bridgehead atoms. The van der Waals surface area contributed by atoms with Crippen LogP contribution in [0.1, 0.15) is 46.5 Å². The van der Waals surface area contributed by atoms with Crippen LogP contribution in [0.5, 0.6) is 0 Å². The predicted octanol–water partition coefficient (Wildman–Crippen LogP) is 2.23. The lowest BCUT2D eigenvalue weighted by molar-refractivity contribution is 0.371. The SMILES string of the molecule is CCCC(CCC)NC(C)Cn1cnnc1. The number of hydrogen-bond donors (Lipinski definition) is 1. The molecule has 0 aromatic carbocycles. The van der Waals surface area contributed by atoms with Gasteiger partial charge in [-0.2, -0.15) is 0 Å². The summed E-state index contributed by atoms with van der Waals surface area (Å²) in [4.78, 5) is 0. The Kier molecular flexibility index (Phi) is 6.08. The first-order chi connectivity index (χ1) is 7.76. The van der Waals surface area contributed by atoms with Gasteiger partial charge in [-0.05, 0) is 19.8 Å². The van der Waals surface area contributed by atoms with Crippen molar-refractivity contribution in [1.29, 1.82) is 0 Å². The normalized spacial score (nSPS) is 13.2. The van der Waals surface area contributed by atoms with Gasteiger partial charge in [0, 0.05) is 18.6 Å². The van der Waals surface area contributed by atoms with Gasteiger partial charge < -0.3 is 9.88 Å². The first-order valence-electron chi connectivity index (χ1n) is 6.34. The summed E-state index contributed by atoms with van der Waals surface area (Å²) in [5, 5.41) is 11.3. The van der Waals surface area contributed by atoms with Crippen molar-refractivity contribution in [2.75, 3.05) is 0 Å². The summed E-state index contributed by atoms with van der Waals surface area (Å²) in [6.07, 6.45) is 8.56. The lowest BCUT2D eigenvalue weighted by Gasteiger charge is -2.22. The minimum atomic E-state index is 0.471. The molecule has 0 aliphatic carbocycles. The number of rotatable bonds is 8. The minimum absolute atomic E-state index is 0.471. The highest BCUT2D eigenvalue weighted by molar-refractivity contribution is 4.73. The molecule has 0 amide bonds. The van der Waals surface area contributed by atoms with Gasteiger partial charge in [-0.1, -0.05) is 26.7 Å². The van der Waals surface area contributed by atoms with Crippen molar-refractivity contribution in [2.24, 2.45) is 0 Å². The van der Waals surface area contributed by atoms with Crippen LogP contribution in [0, 0.1) is 0 Å². The molecule has 1 heterocycles. The molecule has 4 nitrogen and oxygen atoms in total. The fourth-order valence-electron chi connectivity index (χ4n) is 2.10. The summed E-state index contributed by atoms with van der Waals surface area (Å²) < 4.78 is 2.02. The van der Waals surface area contributed by atoms with Crippen LogP contribution in [0.4, 0.5) is 0 Å². The van der Waals surface area contributed by atoms with Gasteiger partial charge in [-0.15, -0.1) is 10.2 Å². The maximum Gasteiger partial charge on any atom is 0.119 e. The Morgan fingerprint density at radius 1 is 1.12 bits per heavy atom. The summed E-state index contributed by atoms with van der Waals surface area (Å²) in [5.41, 5.74) is 0. The van der Waals surface area contributed by atoms with Crippen molar-refractivity contribution in [2.45, 2.75) is 65.1 Å². The molecule has 0 saturated carbocycles. The first-order valence-corrected chi connectivity index (χ1v) is 6.34. The number of nitrogens with one attached hydrogen (secondary N) is 1. The van der Waals surface area contributed by atoms with Crippen molar-refractivity contribution in [3.63, 3.8) is 0 Å². The maximum atomic E-state index is 3.81. The van der Waals surface area contributed by atoms with Gasteiger partial charge in [0.25, 0.3) is 0 Å². The van der Waals surface area contributed by atoms with Crippen LogP contribution in [0.3, 0.4) is 0 Å². The van der Waals surface area contributed by atoms with Crippen molar-refractivity contribution in [1.82, 2.24) is 20.1 Å². The Bertz CT molecular complexity index is 252. The number of nitrogens with zero attached hydrogens (tertiary/aromatic N) is 3. The molecule has 0 spiro atoms. The molecule has 4 heteroatoms. The molecular formula is C12H24N4. The number of hydrogen-bond acceptors (Lipinski definition) is 3. The van der Waals surface area contributed by atoms with Crippen LogP contribution in [-0.4, -0.2) is 26.8 Å². The van der Waals surface area contributed by atoms with Crippen LogP contribution in [0.15, 0.2) is 12.7 Å². The molecular weight excluding hydrogens is 200 g/mol. The summed E-state index contributed by atoms with van der Waals surface area (Å²) in [6.45, 7) is 7.65. The standard InChI is InChI=1S/C12H24N4/c1-4-6-12(7-5-2)15-11(3)8-16-9-13-14-10-16/h9-12,15H,4-8H2,1-3H3. The zero-order valence-electron chi connectivity index (χ0n) is 10.7. The van der Waals surface area contributed by atoms with E-state index in [1.165, 1.54) is 25.7 Å². The highest BCUT2D eigenvalue weighted by atomic mass is 15.2. The highest BCUT2D eigenvalue weighted by Gasteiger charge is 2.10. The lowest BCUT2D eigenvalue weighted by atomic mass is 10.1. The minimum Gasteiger partial charge on any atom is -0.319 e. The number of aromatic nitrogens is 3. The summed E-state index contributed by atoms with van der Waals surface area (Å²) in [7, 11) is 0. The molecule has 1 atom stereocenters. The van der Waals surface area contributed by atoms with Crippen molar-refractivity contribution < 1.29 is 0 Å². The van der Waals surface area contributed by atoms with E-state index in [1.807, 2.05) is 4.57 Å². The third kappa shape index (κ3) is 4.75. The van der Waals surface area contributed by atoms with Crippen LogP contribution in [-0.2, 0) is 6.54 Å². The Balaban J connectivity index is 2.32. The maximum absolute atomic E-state index is 3.81. The van der Waals surface area contributed by atoms with Crippen LogP contribution >= 0.6 is 0 Å². The fraction of sp³-hybridized carbons (Fsp3) is 0.833. The van der Waals surface area contributed by atoms with E-state index in [0.29, 0.717) is 12.1 Å². The van der Waals surface area contributed by atoms with Gasteiger partial charge >= 0.3 is 0 Å². The molecule has 92 valence electrons. The Labute approximate surface area is 98.5 Å². The summed E-state index contributed by atoms with van der Waals surface area (Å²) in [6, 6.07) is 1.13. The topological polar surface area (TPSA) is 42.7 Å². The van der Waals surface area contributed by atoms with E-state index in [9.17, 15) is 0 Å². The van der Waals surface area contributed by atoms with Crippen LogP contribution < -0.4 is 5.32 Å². The van der Waals surface area contributed by atoms with E-state index < -0.39 is 0 Å². The van der Waals surface area contributed by atoms with Gasteiger partial charge in [-0.25, -0.2) is 0 Å². The zero-order chi connectivity index (χ0) is 11.8. The molecule has 1 rings (SSSR count). The molecule has 0 radical (unpaired) electrons. The van der Waals surface area contributed by atoms with E-state index in [1.54, 1.807) is 12.7 Å². The summed E-state index contributed by atoms with van der Waals surface area (Å²) >= 11 is 0. The molecule has 1 N–H and O–H groups in total. The molecule has 1 aromatic heterocycles. The third-order valence-electron chi connectivity index (χ3n) is 2.75. The molecule has 0 aliphatic heterocycles. The summed E-state index contributed by atoms with van der Waals surface area (Å²) in [5.74, 6) is 0. The second-order valence-corrected chi connectivity index (χ2v) is 4.50. The van der Waals surface area contributed by atoms with Gasteiger partial charge in [0.1, 0.15) is 12.7 Å². The van der Waals surface area contributed by atoms with Crippen LogP contribution in [0.2, 0.25) is 0 Å². The predicted molar refractivity (Wildman–Crippen MR) is 66.2 cm³/mol. The highest BCUT2D eigenvalue weighted by Crippen LogP contribution is 2.06. The van der Waals surface area contributed by atoms with E-state index in [-0.39, 0.29) is 0 Å². The van der Waals surface area contributed by atoms with Crippen molar-refractivity contribution in [3.05, 3.63) is 12.7 Å². The fourth-order valence-corrected chi connectivity index (χ4v) is 2.10. The lowest BCUT2D eigenvalue weighted by Crippen LogP contribution is -2.38. The molecule has 1 aromatic rings. The van der Waals surface area contributed by atoms with Gasteiger partial charge in [-0.3, -0.25) is 0 Å². The quantitative estimate of drug-likeness (QED) is 0.736. The smallest absolute Gasteiger partial charge is 0.119 e. The molecule has 0 aliphatic rings. The van der Waals surface area contributed by atoms with E-state index >= 15 is 0 Å². The van der Waals surface area contributed by atoms with Gasteiger partial charge in [0.2, 0.25) is 0 Å². The average Bonchev–Trinajstić information content (AvgIpc) is 2.71. The van der Waals surface area contributed by atoms with E-state index in [2.05, 4.69) is 36.3 Å². The third-order valence-corrected chi connectivity index (χ3v) is 2.75. The Morgan fingerprint density at radius 3 is 2.19 bits per heavy atom. The molecule has 0 fully saturated rings. The zero-order valence-corrected chi connectivity index (χ0v) is 10.7. The van der Waals surface area contributed by atoms with E-state index in [0.717, 1.165) is 6.54 Å². The van der Waals surface area contributed by atoms with Crippen molar-refractivity contribution >= 4 is 0 Å². The average molecular weight is 224 g/mol. The Morgan fingerprint density at radius 2 is 1.69 bits per heavy atom. The second kappa shape index (κ2) is 7.39. The largest absolute Gasteiger partial charge is 0.319 e. The first kappa shape index (κ1) is 13.2. The molecule has 1 unspecified atom stereocenters. The molecule has 16 heavy (non-hydrogen) atoms. The van der Waals surface area contributed by atoms with Crippen LogP contribution in [0.25, 0.3) is 0 Å². The van der Waals surface area contributed by atoms with Crippen molar-refractivity contribution in [3.8, 4) is 0 Å². The van der Waals surface area contributed by atoms with Gasteiger partial charge in [0.05, 0.1) is 0 Å². The Hall–Kier alpha value is -0.900. The second-order valence-electron chi connectivity index (χ2n) is 4.50. The van der Waals surface area contributed by atoms with Gasteiger partial charge in [0.15, 0.2) is 0 Å². The van der Waals surface area contributed by atoms with E-state index in [4.69, 9.17) is 0 Å². The molecule has 0 saturated heterocycles.